The number of amides is 2. The number of carbonyl (C=O) groups is 1. The molecular formula is C27H31N7O. The fourth-order valence-electron chi connectivity index (χ4n) is 4.11. The van der Waals surface area contributed by atoms with Gasteiger partial charge in [-0.15, -0.1) is 13.2 Å². The maximum atomic E-state index is 13.2. The van der Waals surface area contributed by atoms with Crippen molar-refractivity contribution in [3.63, 3.8) is 0 Å². The Hall–Kier alpha value is -4.20. The molecular weight excluding hydrogens is 438 g/mol. The normalized spacial score (nSPS) is 13.4. The third kappa shape index (κ3) is 6.03. The minimum absolute atomic E-state index is 0.0816. The van der Waals surface area contributed by atoms with Crippen molar-refractivity contribution >= 4 is 17.9 Å². The second-order valence-corrected chi connectivity index (χ2v) is 8.25. The summed E-state index contributed by atoms with van der Waals surface area (Å²) in [5.41, 5.74) is 2.10. The van der Waals surface area contributed by atoms with Gasteiger partial charge in [0.1, 0.15) is 6.33 Å². The molecule has 8 heteroatoms. The van der Waals surface area contributed by atoms with E-state index < -0.39 is 0 Å². The monoisotopic (exact) mass is 469 g/mol. The number of aromatic nitrogens is 3. The highest BCUT2D eigenvalue weighted by Gasteiger charge is 2.26. The summed E-state index contributed by atoms with van der Waals surface area (Å²) in [6.45, 7) is 11.3. The molecule has 35 heavy (non-hydrogen) atoms. The van der Waals surface area contributed by atoms with Crippen molar-refractivity contribution in [1.29, 1.82) is 0 Å². The Kier molecular flexibility index (Phi) is 8.06. The molecule has 1 aliphatic rings. The number of hydrogen-bond acceptors (Lipinski definition) is 6. The van der Waals surface area contributed by atoms with Gasteiger partial charge in [-0.25, -0.2) is 14.8 Å². The van der Waals surface area contributed by atoms with Gasteiger partial charge >= 0.3 is 6.03 Å². The number of anilines is 2. The second kappa shape index (κ2) is 11.8. The molecule has 3 aromatic rings. The van der Waals surface area contributed by atoms with Crippen LogP contribution in [0.15, 0.2) is 92.3 Å². The van der Waals surface area contributed by atoms with Crippen LogP contribution in [-0.4, -0.2) is 65.2 Å². The van der Waals surface area contributed by atoms with Crippen molar-refractivity contribution in [2.24, 2.45) is 0 Å². The number of hydrogen-bond donors (Lipinski definition) is 1. The van der Waals surface area contributed by atoms with Crippen LogP contribution < -0.4 is 15.1 Å². The minimum atomic E-state index is -0.213. The maximum Gasteiger partial charge on any atom is 0.318 e. The van der Waals surface area contributed by atoms with E-state index in [9.17, 15) is 4.79 Å². The summed E-state index contributed by atoms with van der Waals surface area (Å²) in [4.78, 5) is 32.4. The molecule has 8 nitrogen and oxygen atoms in total. The Morgan fingerprint density at radius 2 is 1.49 bits per heavy atom. The van der Waals surface area contributed by atoms with Crippen LogP contribution in [0.5, 0.6) is 0 Å². The van der Waals surface area contributed by atoms with Gasteiger partial charge in [0.05, 0.1) is 6.04 Å². The first-order valence-electron chi connectivity index (χ1n) is 11.8. The number of benzene rings is 2. The van der Waals surface area contributed by atoms with Crippen molar-refractivity contribution in [3.8, 4) is 0 Å². The first-order chi connectivity index (χ1) is 17.2. The molecule has 0 bridgehead atoms. The van der Waals surface area contributed by atoms with E-state index in [0.717, 1.165) is 11.1 Å². The molecule has 4 rings (SSSR count). The third-order valence-corrected chi connectivity index (χ3v) is 5.91. The van der Waals surface area contributed by atoms with Crippen LogP contribution in [0, 0.1) is 0 Å². The Morgan fingerprint density at radius 1 is 0.914 bits per heavy atom. The molecule has 2 heterocycles. The van der Waals surface area contributed by atoms with Crippen molar-refractivity contribution in [2.75, 3.05) is 49.1 Å². The van der Waals surface area contributed by atoms with Crippen molar-refractivity contribution in [3.05, 3.63) is 103 Å². The molecule has 1 N–H and O–H groups in total. The average Bonchev–Trinajstić information content (AvgIpc) is 2.92. The van der Waals surface area contributed by atoms with Crippen LogP contribution >= 0.6 is 0 Å². The van der Waals surface area contributed by atoms with Gasteiger partial charge < -0.3 is 20.0 Å². The van der Waals surface area contributed by atoms with Crippen LogP contribution in [0.3, 0.4) is 0 Å². The molecule has 1 aliphatic heterocycles. The van der Waals surface area contributed by atoms with Crippen LogP contribution in [0.1, 0.15) is 17.2 Å². The summed E-state index contributed by atoms with van der Waals surface area (Å²) in [7, 11) is 0. The molecule has 0 atom stereocenters. The number of nitrogens with zero attached hydrogens (tertiary/aromatic N) is 6. The number of urea groups is 1. The Morgan fingerprint density at radius 3 is 2.03 bits per heavy atom. The molecule has 0 spiro atoms. The SMILES string of the molecule is C=CCN(CC=C)c1ncnc(N2CCN(C(=O)NC(c3ccccc3)c3ccccc3)CC2)n1. The smallest absolute Gasteiger partial charge is 0.318 e. The third-order valence-electron chi connectivity index (χ3n) is 5.91. The Balaban J connectivity index is 1.41. The first kappa shape index (κ1) is 23.9. The predicted octanol–water partition coefficient (Wildman–Crippen LogP) is 3.67. The van der Waals surface area contributed by atoms with Crippen molar-refractivity contribution in [2.45, 2.75) is 6.04 Å². The molecule has 0 aliphatic carbocycles. The van der Waals surface area contributed by atoms with E-state index in [-0.39, 0.29) is 12.1 Å². The number of carbonyl (C=O) groups excluding carboxylic acids is 1. The van der Waals surface area contributed by atoms with E-state index in [1.54, 1.807) is 0 Å². The van der Waals surface area contributed by atoms with E-state index in [1.807, 2.05) is 82.6 Å². The van der Waals surface area contributed by atoms with E-state index in [2.05, 4.69) is 38.3 Å². The topological polar surface area (TPSA) is 77.5 Å². The minimum Gasteiger partial charge on any atom is -0.337 e. The van der Waals surface area contributed by atoms with Crippen molar-refractivity contribution < 1.29 is 4.79 Å². The lowest BCUT2D eigenvalue weighted by Gasteiger charge is -2.35. The van der Waals surface area contributed by atoms with E-state index >= 15 is 0 Å². The summed E-state index contributed by atoms with van der Waals surface area (Å²) in [6.07, 6.45) is 5.14. The average molecular weight is 470 g/mol. The molecule has 1 saturated heterocycles. The molecule has 0 radical (unpaired) electrons. The van der Waals surface area contributed by atoms with Crippen LogP contribution in [0.25, 0.3) is 0 Å². The fraction of sp³-hybridized carbons (Fsp3) is 0.259. The highest BCUT2D eigenvalue weighted by molar-refractivity contribution is 5.75. The Bertz CT molecular complexity index is 1070. The number of nitrogens with one attached hydrogen (secondary N) is 1. The quantitative estimate of drug-likeness (QED) is 0.482. The van der Waals surface area contributed by atoms with Gasteiger partial charge in [0.15, 0.2) is 0 Å². The molecule has 180 valence electrons. The number of rotatable bonds is 9. The second-order valence-electron chi connectivity index (χ2n) is 8.25. The largest absolute Gasteiger partial charge is 0.337 e. The van der Waals surface area contributed by atoms with E-state index in [1.165, 1.54) is 6.33 Å². The highest BCUT2D eigenvalue weighted by Crippen LogP contribution is 2.22. The lowest BCUT2D eigenvalue weighted by molar-refractivity contribution is 0.191. The van der Waals surface area contributed by atoms with Gasteiger partial charge in [-0.3, -0.25) is 0 Å². The zero-order valence-electron chi connectivity index (χ0n) is 19.8. The molecule has 0 saturated carbocycles. The zero-order valence-corrected chi connectivity index (χ0v) is 19.8. The van der Waals surface area contributed by atoms with Gasteiger partial charge in [0.25, 0.3) is 0 Å². The lowest BCUT2D eigenvalue weighted by atomic mass is 9.99. The van der Waals surface area contributed by atoms with Gasteiger partial charge in [0, 0.05) is 39.3 Å². The van der Waals surface area contributed by atoms with Crippen LogP contribution in [-0.2, 0) is 0 Å². The summed E-state index contributed by atoms with van der Waals surface area (Å²) < 4.78 is 0. The molecule has 2 amide bonds. The number of piperazine rings is 1. The lowest BCUT2D eigenvalue weighted by Crippen LogP contribution is -2.52. The zero-order chi connectivity index (χ0) is 24.5. The summed E-state index contributed by atoms with van der Waals surface area (Å²) in [5.74, 6) is 1.20. The van der Waals surface area contributed by atoms with Gasteiger partial charge in [-0.1, -0.05) is 72.8 Å². The van der Waals surface area contributed by atoms with Crippen LogP contribution in [0.4, 0.5) is 16.7 Å². The van der Waals surface area contributed by atoms with E-state index in [0.29, 0.717) is 51.2 Å². The standard InChI is InChI=1S/C27H31N7O/c1-3-15-32(16-4-2)25-28-21-29-26(31-25)33-17-19-34(20-18-33)27(35)30-24(22-11-7-5-8-12-22)23-13-9-6-10-14-23/h3-14,21,24H,1-2,15-20H2,(H,30,35). The maximum absolute atomic E-state index is 13.2. The van der Waals surface area contributed by atoms with Gasteiger partial charge in [0.2, 0.25) is 11.9 Å². The Labute approximate surface area is 206 Å². The summed E-state index contributed by atoms with van der Waals surface area (Å²) >= 11 is 0. The highest BCUT2D eigenvalue weighted by atomic mass is 16.2. The van der Waals surface area contributed by atoms with Gasteiger partial charge in [-0.2, -0.15) is 4.98 Å². The first-order valence-corrected chi connectivity index (χ1v) is 11.8. The summed E-state index contributed by atoms with van der Waals surface area (Å²) in [6, 6.07) is 19.8. The molecule has 1 aromatic heterocycles. The van der Waals surface area contributed by atoms with E-state index in [4.69, 9.17) is 0 Å². The molecule has 2 aromatic carbocycles. The molecule has 0 unspecified atom stereocenters. The van der Waals surface area contributed by atoms with Gasteiger partial charge in [-0.05, 0) is 11.1 Å². The summed E-state index contributed by atoms with van der Waals surface area (Å²) in [5, 5.41) is 3.23. The fourth-order valence-corrected chi connectivity index (χ4v) is 4.11. The van der Waals surface area contributed by atoms with Crippen LogP contribution in [0.2, 0.25) is 0 Å². The van der Waals surface area contributed by atoms with Crippen molar-refractivity contribution in [1.82, 2.24) is 25.2 Å². The molecule has 1 fully saturated rings. The predicted molar refractivity (Wildman–Crippen MR) is 139 cm³/mol.